The van der Waals surface area contributed by atoms with Crippen molar-refractivity contribution in [1.29, 1.82) is 0 Å². The molecule has 2 aromatic heterocycles. The molecule has 2 saturated heterocycles. The number of rotatable bonds is 3. The molecule has 2 fully saturated rings. The van der Waals surface area contributed by atoms with E-state index >= 15 is 0 Å². The Balaban J connectivity index is 1.26. The van der Waals surface area contributed by atoms with Gasteiger partial charge in [0.05, 0.1) is 35.2 Å². The van der Waals surface area contributed by atoms with Gasteiger partial charge < -0.3 is 9.80 Å². The average molecular weight is 362 g/mol. The first kappa shape index (κ1) is 15.9. The van der Waals surface area contributed by atoms with E-state index in [4.69, 9.17) is 0 Å². The topological polar surface area (TPSA) is 84.2 Å². The highest BCUT2D eigenvalue weighted by Crippen LogP contribution is 2.26. The van der Waals surface area contributed by atoms with E-state index in [2.05, 4.69) is 15.1 Å². The first-order valence-corrected chi connectivity index (χ1v) is 9.04. The van der Waals surface area contributed by atoms with Gasteiger partial charge in [-0.25, -0.2) is 4.98 Å². The summed E-state index contributed by atoms with van der Waals surface area (Å²) in [4.78, 5) is 36.7. The molecule has 0 N–H and O–H groups in total. The molecule has 2 amide bonds. The standard InChI is InChI=1S/C19H18N6O2/c26-18-6-3-7-24(18)13-8-21-25(12-13)14-10-23(11-14)19(27)17-9-20-15-4-1-2-5-16(15)22-17/h1-2,4-5,8-9,12,14H,3,6-7,10-11H2. The van der Waals surface area contributed by atoms with Crippen molar-refractivity contribution in [3.63, 3.8) is 0 Å². The van der Waals surface area contributed by atoms with Gasteiger partial charge in [-0.3, -0.25) is 19.3 Å². The van der Waals surface area contributed by atoms with Crippen molar-refractivity contribution in [2.45, 2.75) is 18.9 Å². The van der Waals surface area contributed by atoms with Crippen LogP contribution in [-0.4, -0.2) is 56.1 Å². The van der Waals surface area contributed by atoms with Crippen LogP contribution in [0, 0.1) is 0 Å². The third-order valence-corrected chi connectivity index (χ3v) is 5.16. The number of hydrogen-bond acceptors (Lipinski definition) is 5. The number of hydrogen-bond donors (Lipinski definition) is 0. The Morgan fingerprint density at radius 1 is 1.11 bits per heavy atom. The van der Waals surface area contributed by atoms with Gasteiger partial charge in [0.25, 0.3) is 5.91 Å². The fourth-order valence-corrected chi connectivity index (χ4v) is 3.60. The molecular formula is C19H18N6O2. The Labute approximate surface area is 155 Å². The average Bonchev–Trinajstić information content (AvgIpc) is 3.29. The van der Waals surface area contributed by atoms with Gasteiger partial charge in [0.2, 0.25) is 5.91 Å². The second-order valence-corrected chi connectivity index (χ2v) is 6.94. The summed E-state index contributed by atoms with van der Waals surface area (Å²) in [6.07, 6.45) is 6.64. The highest BCUT2D eigenvalue weighted by Gasteiger charge is 2.34. The minimum absolute atomic E-state index is 0.119. The Hall–Kier alpha value is -3.29. The number of fused-ring (bicyclic) bond motifs is 1. The maximum atomic E-state index is 12.6. The third-order valence-electron chi connectivity index (χ3n) is 5.16. The molecule has 0 radical (unpaired) electrons. The summed E-state index contributed by atoms with van der Waals surface area (Å²) in [6.45, 7) is 1.89. The van der Waals surface area contributed by atoms with Gasteiger partial charge in [-0.05, 0) is 18.6 Å². The lowest BCUT2D eigenvalue weighted by atomic mass is 10.1. The van der Waals surface area contributed by atoms with Crippen LogP contribution in [0.1, 0.15) is 29.4 Å². The van der Waals surface area contributed by atoms with E-state index in [-0.39, 0.29) is 17.9 Å². The van der Waals surface area contributed by atoms with E-state index in [1.165, 1.54) is 6.20 Å². The van der Waals surface area contributed by atoms with E-state index in [0.717, 1.165) is 24.2 Å². The van der Waals surface area contributed by atoms with Crippen molar-refractivity contribution in [2.75, 3.05) is 24.5 Å². The van der Waals surface area contributed by atoms with Gasteiger partial charge in [-0.2, -0.15) is 5.10 Å². The number of para-hydroxylation sites is 2. The second kappa shape index (κ2) is 6.15. The van der Waals surface area contributed by atoms with Crippen LogP contribution in [0.15, 0.2) is 42.9 Å². The maximum absolute atomic E-state index is 12.6. The van der Waals surface area contributed by atoms with Crippen molar-refractivity contribution in [1.82, 2.24) is 24.6 Å². The monoisotopic (exact) mass is 362 g/mol. The fraction of sp³-hybridized carbons (Fsp3) is 0.316. The Bertz CT molecular complexity index is 1040. The van der Waals surface area contributed by atoms with Crippen LogP contribution in [0.5, 0.6) is 0 Å². The summed E-state index contributed by atoms with van der Waals surface area (Å²) in [5.74, 6) is 0.0291. The molecule has 8 heteroatoms. The largest absolute Gasteiger partial charge is 0.333 e. The van der Waals surface area contributed by atoms with Crippen molar-refractivity contribution < 1.29 is 9.59 Å². The van der Waals surface area contributed by atoms with Crippen LogP contribution in [0.3, 0.4) is 0 Å². The molecule has 3 aromatic rings. The van der Waals surface area contributed by atoms with Crippen LogP contribution in [-0.2, 0) is 4.79 Å². The maximum Gasteiger partial charge on any atom is 0.274 e. The van der Waals surface area contributed by atoms with Gasteiger partial charge in [0.15, 0.2) is 0 Å². The predicted molar refractivity (Wildman–Crippen MR) is 98.3 cm³/mol. The van der Waals surface area contributed by atoms with Crippen molar-refractivity contribution >= 4 is 28.5 Å². The molecule has 136 valence electrons. The molecule has 27 heavy (non-hydrogen) atoms. The first-order chi connectivity index (χ1) is 13.2. The lowest BCUT2D eigenvalue weighted by Gasteiger charge is -2.38. The molecule has 0 aliphatic carbocycles. The summed E-state index contributed by atoms with van der Waals surface area (Å²) in [7, 11) is 0. The van der Waals surface area contributed by atoms with Crippen molar-refractivity contribution in [3.8, 4) is 0 Å². The highest BCUT2D eigenvalue weighted by molar-refractivity contribution is 5.95. The molecule has 0 spiro atoms. The van der Waals surface area contributed by atoms with Crippen molar-refractivity contribution in [3.05, 3.63) is 48.5 Å². The summed E-state index contributed by atoms with van der Waals surface area (Å²) < 4.78 is 1.84. The number of benzene rings is 1. The van der Waals surface area contributed by atoms with Gasteiger partial charge >= 0.3 is 0 Å². The van der Waals surface area contributed by atoms with Gasteiger partial charge in [0, 0.05) is 32.3 Å². The molecule has 2 aliphatic heterocycles. The summed E-state index contributed by atoms with van der Waals surface area (Å²) in [5, 5.41) is 4.38. The molecule has 0 unspecified atom stereocenters. The van der Waals surface area contributed by atoms with Crippen LogP contribution < -0.4 is 4.90 Å². The van der Waals surface area contributed by atoms with Crippen LogP contribution in [0.4, 0.5) is 5.69 Å². The van der Waals surface area contributed by atoms with Gasteiger partial charge in [-0.15, -0.1) is 0 Å². The number of carbonyl (C=O) groups excluding carboxylic acids is 2. The van der Waals surface area contributed by atoms with Crippen LogP contribution >= 0.6 is 0 Å². The molecule has 4 heterocycles. The lowest BCUT2D eigenvalue weighted by molar-refractivity contribution is -0.117. The van der Waals surface area contributed by atoms with E-state index in [9.17, 15) is 9.59 Å². The Morgan fingerprint density at radius 3 is 2.70 bits per heavy atom. The second-order valence-electron chi connectivity index (χ2n) is 6.94. The molecule has 8 nitrogen and oxygen atoms in total. The lowest BCUT2D eigenvalue weighted by Crippen LogP contribution is -2.51. The normalized spacial score (nSPS) is 17.6. The first-order valence-electron chi connectivity index (χ1n) is 9.04. The number of likely N-dealkylation sites (tertiary alicyclic amines) is 1. The van der Waals surface area contributed by atoms with E-state index in [1.54, 1.807) is 16.0 Å². The highest BCUT2D eigenvalue weighted by atomic mass is 16.2. The molecule has 0 saturated carbocycles. The van der Waals surface area contributed by atoms with Crippen molar-refractivity contribution in [2.24, 2.45) is 0 Å². The third kappa shape index (κ3) is 2.73. The summed E-state index contributed by atoms with van der Waals surface area (Å²) in [5.41, 5.74) is 2.68. The SMILES string of the molecule is O=C(c1cnc2ccccc2n1)N1CC(n2cc(N3CCCC3=O)cn2)C1. The Morgan fingerprint density at radius 2 is 1.93 bits per heavy atom. The molecule has 0 atom stereocenters. The molecule has 5 rings (SSSR count). The number of aromatic nitrogens is 4. The van der Waals surface area contributed by atoms with E-state index < -0.39 is 0 Å². The minimum atomic E-state index is -0.119. The molecule has 0 bridgehead atoms. The number of anilines is 1. The quantitative estimate of drug-likeness (QED) is 0.707. The Kier molecular flexibility index (Phi) is 3.63. The minimum Gasteiger partial charge on any atom is -0.333 e. The zero-order chi connectivity index (χ0) is 18.4. The van der Waals surface area contributed by atoms with E-state index in [0.29, 0.717) is 30.7 Å². The van der Waals surface area contributed by atoms with Gasteiger partial charge in [-0.1, -0.05) is 12.1 Å². The molecule has 2 aliphatic rings. The fourth-order valence-electron chi connectivity index (χ4n) is 3.60. The van der Waals surface area contributed by atoms with Gasteiger partial charge in [0.1, 0.15) is 5.69 Å². The zero-order valence-electron chi connectivity index (χ0n) is 14.7. The van der Waals surface area contributed by atoms with Crippen LogP contribution in [0.25, 0.3) is 11.0 Å². The number of amides is 2. The zero-order valence-corrected chi connectivity index (χ0v) is 14.7. The summed E-state index contributed by atoms with van der Waals surface area (Å²) in [6, 6.07) is 7.62. The summed E-state index contributed by atoms with van der Waals surface area (Å²) >= 11 is 0. The predicted octanol–water partition coefficient (Wildman–Crippen LogP) is 1.65. The van der Waals surface area contributed by atoms with E-state index in [1.807, 2.05) is 35.1 Å². The molecule has 1 aromatic carbocycles. The number of nitrogens with zero attached hydrogens (tertiary/aromatic N) is 6. The smallest absolute Gasteiger partial charge is 0.274 e. The molecular weight excluding hydrogens is 344 g/mol. The number of carbonyl (C=O) groups is 2. The van der Waals surface area contributed by atoms with Crippen LogP contribution in [0.2, 0.25) is 0 Å².